The quantitative estimate of drug-likeness (QED) is 0.942. The molecular formula is C19H22FN3O. The average Bonchev–Trinajstić information content (AvgIpc) is 2.62. The Morgan fingerprint density at radius 3 is 2.29 bits per heavy atom. The monoisotopic (exact) mass is 327 g/mol. The summed E-state index contributed by atoms with van der Waals surface area (Å²) in [7, 11) is 0. The number of amides is 1. The highest BCUT2D eigenvalue weighted by atomic mass is 19.1. The predicted octanol–water partition coefficient (Wildman–Crippen LogP) is 2.48. The maximum atomic E-state index is 13.9. The van der Waals surface area contributed by atoms with Gasteiger partial charge in [0.2, 0.25) is 5.91 Å². The number of piperazine rings is 1. The van der Waals surface area contributed by atoms with E-state index in [9.17, 15) is 9.18 Å². The van der Waals surface area contributed by atoms with Gasteiger partial charge in [0.1, 0.15) is 11.9 Å². The minimum Gasteiger partial charge on any atom is -0.366 e. The van der Waals surface area contributed by atoms with E-state index in [0.717, 1.165) is 11.1 Å². The zero-order chi connectivity index (χ0) is 17.1. The SMILES string of the molecule is Cc1ccc(C(N)C(=O)N2CCN(c3ccccc3F)CC2)cc1. The number of aryl methyl sites for hydroxylation is 1. The van der Waals surface area contributed by atoms with Crippen LogP contribution in [-0.2, 0) is 4.79 Å². The van der Waals surface area contributed by atoms with E-state index in [2.05, 4.69) is 0 Å². The summed E-state index contributed by atoms with van der Waals surface area (Å²) in [4.78, 5) is 16.3. The van der Waals surface area contributed by atoms with Crippen LogP contribution in [0.2, 0.25) is 0 Å². The Morgan fingerprint density at radius 2 is 1.67 bits per heavy atom. The Bertz CT molecular complexity index is 709. The van der Waals surface area contributed by atoms with Gasteiger partial charge in [-0.1, -0.05) is 42.0 Å². The minimum absolute atomic E-state index is 0.0768. The van der Waals surface area contributed by atoms with Crippen molar-refractivity contribution in [2.45, 2.75) is 13.0 Å². The summed E-state index contributed by atoms with van der Waals surface area (Å²) in [5.41, 5.74) is 8.67. The molecule has 0 aliphatic carbocycles. The second kappa shape index (κ2) is 7.01. The van der Waals surface area contributed by atoms with Crippen LogP contribution in [0.4, 0.5) is 10.1 Å². The minimum atomic E-state index is -0.648. The van der Waals surface area contributed by atoms with Gasteiger partial charge in [-0.05, 0) is 24.6 Å². The van der Waals surface area contributed by atoms with E-state index in [1.165, 1.54) is 6.07 Å². The number of nitrogens with zero attached hydrogens (tertiary/aromatic N) is 2. The highest BCUT2D eigenvalue weighted by molar-refractivity contribution is 5.83. The van der Waals surface area contributed by atoms with E-state index in [1.54, 1.807) is 17.0 Å². The Labute approximate surface area is 141 Å². The van der Waals surface area contributed by atoms with Crippen molar-refractivity contribution >= 4 is 11.6 Å². The topological polar surface area (TPSA) is 49.6 Å². The number of hydrogen-bond donors (Lipinski definition) is 1. The van der Waals surface area contributed by atoms with Crippen molar-refractivity contribution in [2.24, 2.45) is 5.73 Å². The number of carbonyl (C=O) groups is 1. The summed E-state index contributed by atoms with van der Waals surface area (Å²) in [6.45, 7) is 4.30. The number of anilines is 1. The first-order valence-electron chi connectivity index (χ1n) is 8.16. The van der Waals surface area contributed by atoms with Gasteiger partial charge >= 0.3 is 0 Å². The molecule has 1 unspecified atom stereocenters. The van der Waals surface area contributed by atoms with Crippen molar-refractivity contribution in [1.29, 1.82) is 0 Å². The molecule has 1 amide bonds. The first kappa shape index (κ1) is 16.5. The molecular weight excluding hydrogens is 305 g/mol. The number of hydrogen-bond acceptors (Lipinski definition) is 3. The molecule has 2 N–H and O–H groups in total. The smallest absolute Gasteiger partial charge is 0.244 e. The number of halogens is 1. The molecule has 2 aromatic carbocycles. The summed E-state index contributed by atoms with van der Waals surface area (Å²) in [6, 6.07) is 13.8. The molecule has 1 fully saturated rings. The molecule has 0 radical (unpaired) electrons. The fraction of sp³-hybridized carbons (Fsp3) is 0.316. The molecule has 5 heteroatoms. The molecule has 4 nitrogen and oxygen atoms in total. The van der Waals surface area contributed by atoms with Gasteiger partial charge < -0.3 is 15.5 Å². The Morgan fingerprint density at radius 1 is 1.04 bits per heavy atom. The molecule has 126 valence electrons. The van der Waals surface area contributed by atoms with E-state index < -0.39 is 6.04 Å². The van der Waals surface area contributed by atoms with Gasteiger partial charge in [-0.15, -0.1) is 0 Å². The second-order valence-corrected chi connectivity index (χ2v) is 6.15. The molecule has 0 bridgehead atoms. The lowest BCUT2D eigenvalue weighted by Crippen LogP contribution is -2.51. The lowest BCUT2D eigenvalue weighted by molar-refractivity contribution is -0.133. The van der Waals surface area contributed by atoms with E-state index >= 15 is 0 Å². The second-order valence-electron chi connectivity index (χ2n) is 6.15. The lowest BCUT2D eigenvalue weighted by Gasteiger charge is -2.37. The Hall–Kier alpha value is -2.40. The van der Waals surface area contributed by atoms with Crippen LogP contribution < -0.4 is 10.6 Å². The number of rotatable bonds is 3. The van der Waals surface area contributed by atoms with Crippen LogP contribution in [-0.4, -0.2) is 37.0 Å². The van der Waals surface area contributed by atoms with Crippen molar-refractivity contribution < 1.29 is 9.18 Å². The van der Waals surface area contributed by atoms with Gasteiger partial charge in [-0.25, -0.2) is 4.39 Å². The normalized spacial score (nSPS) is 16.1. The maximum absolute atomic E-state index is 13.9. The fourth-order valence-electron chi connectivity index (χ4n) is 2.99. The van der Waals surface area contributed by atoms with Crippen LogP contribution >= 0.6 is 0 Å². The molecule has 1 saturated heterocycles. The first-order valence-corrected chi connectivity index (χ1v) is 8.16. The van der Waals surface area contributed by atoms with Crippen molar-refractivity contribution in [2.75, 3.05) is 31.1 Å². The standard InChI is InChI=1S/C19H22FN3O/c1-14-6-8-15(9-7-14)18(21)19(24)23-12-10-22(11-13-23)17-5-3-2-4-16(17)20/h2-9,18H,10-13,21H2,1H3. The van der Waals surface area contributed by atoms with Crippen LogP contribution in [0.1, 0.15) is 17.2 Å². The molecule has 3 rings (SSSR count). The van der Waals surface area contributed by atoms with Crippen LogP contribution in [0.3, 0.4) is 0 Å². The average molecular weight is 327 g/mol. The predicted molar refractivity (Wildman–Crippen MR) is 93.3 cm³/mol. The molecule has 2 aromatic rings. The molecule has 0 spiro atoms. The van der Waals surface area contributed by atoms with Gasteiger partial charge in [-0.2, -0.15) is 0 Å². The molecule has 1 atom stereocenters. The van der Waals surface area contributed by atoms with Crippen LogP contribution in [0, 0.1) is 12.7 Å². The third kappa shape index (κ3) is 3.41. The largest absolute Gasteiger partial charge is 0.366 e. The number of para-hydroxylation sites is 1. The number of nitrogens with two attached hydrogens (primary N) is 1. The highest BCUT2D eigenvalue weighted by Crippen LogP contribution is 2.21. The number of carbonyl (C=O) groups excluding carboxylic acids is 1. The fourth-order valence-corrected chi connectivity index (χ4v) is 2.99. The molecule has 1 aliphatic heterocycles. The summed E-state index contributed by atoms with van der Waals surface area (Å²) in [6.07, 6.45) is 0. The van der Waals surface area contributed by atoms with Gasteiger partial charge in [-0.3, -0.25) is 4.79 Å². The molecule has 24 heavy (non-hydrogen) atoms. The molecule has 1 heterocycles. The van der Waals surface area contributed by atoms with Gasteiger partial charge in [0, 0.05) is 26.2 Å². The summed E-state index contributed by atoms with van der Waals surface area (Å²) in [5, 5.41) is 0. The number of benzene rings is 2. The third-order valence-electron chi connectivity index (χ3n) is 4.49. The van der Waals surface area contributed by atoms with Crippen molar-refractivity contribution in [3.05, 3.63) is 65.5 Å². The third-order valence-corrected chi connectivity index (χ3v) is 4.49. The summed E-state index contributed by atoms with van der Waals surface area (Å²) >= 11 is 0. The van der Waals surface area contributed by atoms with Gasteiger partial charge in [0.25, 0.3) is 0 Å². The molecule has 1 aliphatic rings. The van der Waals surface area contributed by atoms with Crippen LogP contribution in [0.25, 0.3) is 0 Å². The van der Waals surface area contributed by atoms with Gasteiger partial charge in [0.15, 0.2) is 0 Å². The van der Waals surface area contributed by atoms with Crippen molar-refractivity contribution in [3.63, 3.8) is 0 Å². The maximum Gasteiger partial charge on any atom is 0.244 e. The lowest BCUT2D eigenvalue weighted by atomic mass is 10.0. The Kier molecular flexibility index (Phi) is 4.81. The summed E-state index contributed by atoms with van der Waals surface area (Å²) < 4.78 is 13.9. The summed E-state index contributed by atoms with van der Waals surface area (Å²) in [5.74, 6) is -0.305. The van der Waals surface area contributed by atoms with Crippen LogP contribution in [0.15, 0.2) is 48.5 Å². The van der Waals surface area contributed by atoms with E-state index in [1.807, 2.05) is 42.2 Å². The molecule has 0 aromatic heterocycles. The first-order chi connectivity index (χ1) is 11.6. The van der Waals surface area contributed by atoms with E-state index in [-0.39, 0.29) is 11.7 Å². The van der Waals surface area contributed by atoms with Gasteiger partial charge in [0.05, 0.1) is 5.69 Å². The zero-order valence-electron chi connectivity index (χ0n) is 13.8. The van der Waals surface area contributed by atoms with E-state index in [4.69, 9.17) is 5.73 Å². The highest BCUT2D eigenvalue weighted by Gasteiger charge is 2.26. The van der Waals surface area contributed by atoms with Crippen molar-refractivity contribution in [1.82, 2.24) is 4.90 Å². The Balaban J connectivity index is 1.63. The van der Waals surface area contributed by atoms with Crippen LogP contribution in [0.5, 0.6) is 0 Å². The zero-order valence-corrected chi connectivity index (χ0v) is 13.8. The van der Waals surface area contributed by atoms with E-state index in [0.29, 0.717) is 31.9 Å². The van der Waals surface area contributed by atoms with Crippen molar-refractivity contribution in [3.8, 4) is 0 Å². The molecule has 0 saturated carbocycles.